The fourth-order valence-electron chi connectivity index (χ4n) is 3.78. The van der Waals surface area contributed by atoms with E-state index in [-0.39, 0.29) is 0 Å². The van der Waals surface area contributed by atoms with E-state index in [1.165, 1.54) is 0 Å². The minimum absolute atomic E-state index is 0.346. The van der Waals surface area contributed by atoms with E-state index in [2.05, 4.69) is 15.4 Å². The van der Waals surface area contributed by atoms with Crippen molar-refractivity contribution in [1.29, 1.82) is 0 Å². The summed E-state index contributed by atoms with van der Waals surface area (Å²) in [5.74, 6) is 2.35. The van der Waals surface area contributed by atoms with Crippen LogP contribution in [0, 0.1) is 11.8 Å². The van der Waals surface area contributed by atoms with Crippen LogP contribution in [0.25, 0.3) is 5.69 Å². The van der Waals surface area contributed by atoms with Gasteiger partial charge in [-0.2, -0.15) is 0 Å². The molecule has 10 heteroatoms. The zero-order chi connectivity index (χ0) is 24.1. The van der Waals surface area contributed by atoms with Crippen molar-refractivity contribution in [2.45, 2.75) is 36.6 Å². The van der Waals surface area contributed by atoms with E-state index in [1.54, 1.807) is 30.9 Å². The van der Waals surface area contributed by atoms with Crippen LogP contribution >= 0.6 is 11.8 Å². The Morgan fingerprint density at radius 1 is 1.21 bits per heavy atom. The maximum Gasteiger partial charge on any atom is 0.303 e. The van der Waals surface area contributed by atoms with Gasteiger partial charge in [-0.05, 0) is 49.6 Å². The third kappa shape index (κ3) is 4.81. The summed E-state index contributed by atoms with van der Waals surface area (Å²) in [6.45, 7) is 1.87. The van der Waals surface area contributed by atoms with Gasteiger partial charge in [0.1, 0.15) is 39.8 Å². The molecule has 1 aliphatic rings. The van der Waals surface area contributed by atoms with Gasteiger partial charge in [-0.25, -0.2) is 0 Å². The fraction of sp³-hybridized carbons (Fsp3) is 0.292. The van der Waals surface area contributed by atoms with Gasteiger partial charge in [0.15, 0.2) is 5.16 Å². The Kier molecular flexibility index (Phi) is 7.27. The van der Waals surface area contributed by atoms with Crippen molar-refractivity contribution < 1.29 is 18.7 Å². The summed E-state index contributed by atoms with van der Waals surface area (Å²) < 4.78 is 18.8. The number of amides is 1. The smallest absolute Gasteiger partial charge is 0.303 e. The number of aryl methyl sites for hydroxylation is 1. The number of ether oxygens (including phenoxy) is 2. The molecule has 2 aromatic heterocycles. The van der Waals surface area contributed by atoms with E-state index in [4.69, 9.17) is 13.9 Å². The number of nitrogens with zero attached hydrogens (tertiary/aromatic N) is 4. The van der Waals surface area contributed by atoms with Crippen LogP contribution < -0.4 is 9.47 Å². The second-order valence-corrected chi connectivity index (χ2v) is 8.64. The Morgan fingerprint density at radius 3 is 2.56 bits per heavy atom. The van der Waals surface area contributed by atoms with E-state index in [1.807, 2.05) is 43.4 Å². The number of hydrogen-bond acceptors (Lipinski definition) is 8. The summed E-state index contributed by atoms with van der Waals surface area (Å²) in [5.41, 5.74) is 1.39. The zero-order valence-electron chi connectivity index (χ0n) is 19.1. The lowest BCUT2D eigenvalue weighted by Crippen LogP contribution is -2.19. The van der Waals surface area contributed by atoms with Gasteiger partial charge in [0.05, 0.1) is 20.6 Å². The van der Waals surface area contributed by atoms with Crippen molar-refractivity contribution in [3.8, 4) is 17.2 Å². The Morgan fingerprint density at radius 2 is 1.97 bits per heavy atom. The predicted molar refractivity (Wildman–Crippen MR) is 128 cm³/mol. The number of hydrogen-bond donors (Lipinski definition) is 0. The summed E-state index contributed by atoms with van der Waals surface area (Å²) in [7, 11) is 3.12. The molecule has 3 aromatic rings. The molecule has 0 radical (unpaired) electrons. The molecule has 34 heavy (non-hydrogen) atoms. The number of carbonyl (C=O) groups is 1. The van der Waals surface area contributed by atoms with Gasteiger partial charge in [0.25, 0.3) is 0 Å². The quantitative estimate of drug-likeness (QED) is 0.317. The molecule has 176 valence electrons. The Balaban J connectivity index is 1.85. The summed E-state index contributed by atoms with van der Waals surface area (Å²) in [6, 6.07) is 9.18. The minimum atomic E-state index is -0.815. The first-order valence-corrected chi connectivity index (χ1v) is 11.5. The first kappa shape index (κ1) is 23.5. The number of allylic oxidation sites excluding steroid dienone is 3. The monoisotopic (exact) mass is 480 g/mol. The highest BCUT2D eigenvalue weighted by Crippen LogP contribution is 2.39. The summed E-state index contributed by atoms with van der Waals surface area (Å²) in [4.78, 5) is 23.8. The van der Waals surface area contributed by atoms with Gasteiger partial charge < -0.3 is 13.9 Å². The van der Waals surface area contributed by atoms with Gasteiger partial charge in [0.2, 0.25) is 0 Å². The average Bonchev–Trinajstić information content (AvgIpc) is 3.47. The zero-order valence-corrected chi connectivity index (χ0v) is 19.9. The lowest BCUT2D eigenvalue weighted by atomic mass is 10.0. The molecule has 0 N–H and O–H groups in total. The number of rotatable bonds is 9. The van der Waals surface area contributed by atoms with E-state index in [0.29, 0.717) is 46.8 Å². The lowest BCUT2D eigenvalue weighted by molar-refractivity contribution is -0.116. The number of thioether (sulfide) groups is 1. The van der Waals surface area contributed by atoms with Crippen LogP contribution in [0.5, 0.6) is 11.5 Å². The van der Waals surface area contributed by atoms with Crippen LogP contribution in [0.4, 0.5) is 0 Å². The molecule has 0 bridgehead atoms. The maximum absolute atomic E-state index is 12.5. The molecular formula is C24H24N4O5S. The van der Waals surface area contributed by atoms with Crippen molar-refractivity contribution >= 4 is 17.7 Å². The Labute approximate surface area is 200 Å². The summed E-state index contributed by atoms with van der Waals surface area (Å²) >= 11 is 1.13. The van der Waals surface area contributed by atoms with E-state index >= 15 is 0 Å². The number of para-hydroxylation sites is 1. The first-order valence-electron chi connectivity index (χ1n) is 10.7. The summed E-state index contributed by atoms with van der Waals surface area (Å²) in [5, 5.41) is 11.1. The second kappa shape index (κ2) is 10.5. The number of carbonyl (C=O) groups excluding carboxylic acids is 1. The first-order chi connectivity index (χ1) is 16.5. The molecule has 0 fully saturated rings. The molecule has 1 amide bonds. The third-order valence-corrected chi connectivity index (χ3v) is 6.59. The van der Waals surface area contributed by atoms with Gasteiger partial charge in [-0.15, -0.1) is 15.1 Å². The van der Waals surface area contributed by atoms with Crippen molar-refractivity contribution in [1.82, 2.24) is 14.8 Å². The van der Waals surface area contributed by atoms with E-state index < -0.39 is 11.2 Å². The molecular weight excluding hydrogens is 456 g/mol. The predicted octanol–water partition coefficient (Wildman–Crippen LogP) is 4.81. The highest BCUT2D eigenvalue weighted by molar-refractivity contribution is 8.00. The molecule has 9 nitrogen and oxygen atoms in total. The topological polar surface area (TPSA) is 109 Å². The van der Waals surface area contributed by atoms with Crippen LogP contribution in [-0.4, -0.2) is 40.1 Å². The van der Waals surface area contributed by atoms with E-state index in [9.17, 15) is 9.70 Å². The molecule has 1 aromatic carbocycles. The average molecular weight is 481 g/mol. The van der Waals surface area contributed by atoms with Gasteiger partial charge in [-0.3, -0.25) is 9.36 Å². The van der Waals surface area contributed by atoms with Crippen LogP contribution in [0.1, 0.15) is 30.2 Å². The van der Waals surface area contributed by atoms with Crippen LogP contribution in [0.15, 0.2) is 68.9 Å². The second-order valence-electron chi connectivity index (χ2n) is 7.57. The molecule has 4 rings (SSSR count). The minimum Gasteiger partial charge on any atom is -0.494 e. The van der Waals surface area contributed by atoms with Crippen LogP contribution in [0.3, 0.4) is 0 Å². The Bertz CT molecular complexity index is 1240. The highest BCUT2D eigenvalue weighted by Gasteiger charge is 2.30. The summed E-state index contributed by atoms with van der Waals surface area (Å²) in [6.07, 6.45) is 7.52. The third-order valence-electron chi connectivity index (χ3n) is 5.37. The number of furan rings is 1. The van der Waals surface area contributed by atoms with Crippen molar-refractivity contribution in [2.75, 3.05) is 14.2 Å². The van der Waals surface area contributed by atoms with Crippen molar-refractivity contribution in [3.63, 3.8) is 0 Å². The molecule has 1 aliphatic carbocycles. The number of methoxy groups -OCH3 is 2. The van der Waals surface area contributed by atoms with Gasteiger partial charge >= 0.3 is 5.91 Å². The highest BCUT2D eigenvalue weighted by atomic mass is 32.2. The molecule has 2 heterocycles. The SMILES string of the molecule is COc1cccc(OC)c1-n1c(Cc2ccc(C)o2)nnc1SC(C(=O)N=O)C1=CC=CCC1. The maximum atomic E-state index is 12.5. The molecule has 0 saturated carbocycles. The normalized spacial score (nSPS) is 13.9. The molecule has 0 spiro atoms. The van der Waals surface area contributed by atoms with E-state index in [0.717, 1.165) is 29.5 Å². The largest absolute Gasteiger partial charge is 0.494 e. The standard InChI is InChI=1S/C24H24N4O5S/c1-15-12-13-17(33-15)14-20-25-26-24(28(20)21-18(31-2)10-7-11-19(21)32-3)34-22(23(29)27-30)16-8-5-4-6-9-16/h4-5,7-8,10-13,22H,6,9,14H2,1-3H3. The van der Waals surface area contributed by atoms with Gasteiger partial charge in [0, 0.05) is 5.18 Å². The van der Waals surface area contributed by atoms with Crippen molar-refractivity contribution in [3.05, 3.63) is 76.4 Å². The number of benzene rings is 1. The molecule has 1 atom stereocenters. The van der Waals surface area contributed by atoms with Crippen LogP contribution in [0.2, 0.25) is 0 Å². The fourth-order valence-corrected chi connectivity index (χ4v) is 4.87. The van der Waals surface area contributed by atoms with Crippen molar-refractivity contribution in [2.24, 2.45) is 5.18 Å². The van der Waals surface area contributed by atoms with Crippen LogP contribution in [-0.2, 0) is 11.2 Å². The molecule has 1 unspecified atom stereocenters. The lowest BCUT2D eigenvalue weighted by Gasteiger charge is -2.20. The number of aromatic nitrogens is 3. The number of nitroso groups, excluding NO2 is 1. The van der Waals surface area contributed by atoms with Gasteiger partial charge in [-0.1, -0.05) is 36.1 Å². The molecule has 0 aliphatic heterocycles. The molecule has 0 saturated heterocycles. The Hall–Kier alpha value is -3.66.